The fourth-order valence-corrected chi connectivity index (χ4v) is 1.78. The van der Waals surface area contributed by atoms with Crippen LogP contribution in [0.3, 0.4) is 0 Å². The van der Waals surface area contributed by atoms with E-state index < -0.39 is 5.97 Å². The lowest BCUT2D eigenvalue weighted by Gasteiger charge is -2.06. The third kappa shape index (κ3) is 2.14. The van der Waals surface area contributed by atoms with Gasteiger partial charge in [0.05, 0.1) is 12.1 Å². The summed E-state index contributed by atoms with van der Waals surface area (Å²) in [4.78, 5) is 10.7. The van der Waals surface area contributed by atoms with Gasteiger partial charge in [-0.3, -0.25) is 0 Å². The topological polar surface area (TPSA) is 46.5 Å². The number of carboxylic acid groups (broad SMARTS) is 1. The molecule has 0 amide bonds. The summed E-state index contributed by atoms with van der Waals surface area (Å²) in [6.07, 6.45) is 0. The number of ether oxygens (including phenoxy) is 1. The maximum atomic E-state index is 10.7. The Kier molecular flexibility index (Phi) is 3.17. The molecule has 0 saturated heterocycles. The summed E-state index contributed by atoms with van der Waals surface area (Å²) in [5.74, 6) is -0.860. The van der Waals surface area contributed by atoms with Crippen molar-refractivity contribution in [2.24, 2.45) is 0 Å². The number of halogens is 2. The van der Waals surface area contributed by atoms with E-state index in [0.717, 1.165) is 0 Å². The molecule has 0 bridgehead atoms. The highest BCUT2D eigenvalue weighted by Gasteiger charge is 2.15. The first-order valence-electron chi connectivity index (χ1n) is 3.32. The van der Waals surface area contributed by atoms with E-state index >= 15 is 0 Å². The Morgan fingerprint density at radius 2 is 2.23 bits per heavy atom. The third-order valence-electron chi connectivity index (χ3n) is 1.45. The minimum atomic E-state index is -1.10. The molecular formula is C8H6BrClO3. The minimum Gasteiger partial charge on any atom is -0.496 e. The van der Waals surface area contributed by atoms with Crippen molar-refractivity contribution in [1.29, 1.82) is 0 Å². The van der Waals surface area contributed by atoms with Crippen LogP contribution < -0.4 is 4.74 Å². The minimum absolute atomic E-state index is 0.0210. The lowest BCUT2D eigenvalue weighted by atomic mass is 10.2. The molecule has 1 N–H and O–H groups in total. The van der Waals surface area contributed by atoms with Gasteiger partial charge in [-0.1, -0.05) is 27.5 Å². The number of carbonyl (C=O) groups is 1. The molecule has 0 aliphatic rings. The van der Waals surface area contributed by atoms with E-state index in [4.69, 9.17) is 21.4 Å². The number of methoxy groups -OCH3 is 1. The van der Waals surface area contributed by atoms with E-state index in [1.54, 1.807) is 6.07 Å². The first-order chi connectivity index (χ1) is 6.06. The van der Waals surface area contributed by atoms with E-state index in [1.807, 2.05) is 0 Å². The second-order valence-electron chi connectivity index (χ2n) is 2.27. The highest BCUT2D eigenvalue weighted by atomic mass is 79.9. The van der Waals surface area contributed by atoms with Crippen LogP contribution in [-0.2, 0) is 0 Å². The van der Waals surface area contributed by atoms with Gasteiger partial charge < -0.3 is 9.84 Å². The maximum absolute atomic E-state index is 10.7. The summed E-state index contributed by atoms with van der Waals surface area (Å²) in [6, 6.07) is 3.06. The van der Waals surface area contributed by atoms with Gasteiger partial charge in [-0.25, -0.2) is 4.79 Å². The van der Waals surface area contributed by atoms with Crippen molar-refractivity contribution in [3.05, 3.63) is 27.2 Å². The van der Waals surface area contributed by atoms with Gasteiger partial charge in [0.15, 0.2) is 0 Å². The second-order valence-corrected chi connectivity index (χ2v) is 3.59. The van der Waals surface area contributed by atoms with Gasteiger partial charge in [-0.15, -0.1) is 0 Å². The first-order valence-corrected chi connectivity index (χ1v) is 4.49. The van der Waals surface area contributed by atoms with Crippen LogP contribution in [-0.4, -0.2) is 18.2 Å². The molecule has 1 rings (SSSR count). The number of rotatable bonds is 2. The molecule has 0 aliphatic carbocycles. The van der Waals surface area contributed by atoms with Crippen molar-refractivity contribution >= 4 is 33.5 Å². The molecular weight excluding hydrogens is 259 g/mol. The predicted octanol–water partition coefficient (Wildman–Crippen LogP) is 2.81. The number of benzene rings is 1. The zero-order valence-corrected chi connectivity index (χ0v) is 9.02. The summed E-state index contributed by atoms with van der Waals surface area (Å²) in [6.45, 7) is 0. The highest BCUT2D eigenvalue weighted by Crippen LogP contribution is 2.30. The van der Waals surface area contributed by atoms with Crippen molar-refractivity contribution in [2.45, 2.75) is 0 Å². The van der Waals surface area contributed by atoms with Gasteiger partial charge in [-0.05, 0) is 12.1 Å². The third-order valence-corrected chi connectivity index (χ3v) is 2.21. The Hall–Kier alpha value is -0.740. The average Bonchev–Trinajstić information content (AvgIpc) is 2.01. The predicted molar refractivity (Wildman–Crippen MR) is 52.7 cm³/mol. The quantitative estimate of drug-likeness (QED) is 0.894. The molecule has 0 aromatic heterocycles. The molecule has 0 atom stereocenters. The van der Waals surface area contributed by atoms with Crippen molar-refractivity contribution in [2.75, 3.05) is 7.11 Å². The van der Waals surface area contributed by atoms with Crippen LogP contribution in [0.15, 0.2) is 16.6 Å². The SMILES string of the molecule is COc1cc(Br)cc(Cl)c1C(=O)O. The van der Waals surface area contributed by atoms with E-state index in [9.17, 15) is 4.79 Å². The van der Waals surface area contributed by atoms with Crippen molar-refractivity contribution in [3.8, 4) is 5.75 Å². The monoisotopic (exact) mass is 264 g/mol. The van der Waals surface area contributed by atoms with Crippen molar-refractivity contribution < 1.29 is 14.6 Å². The number of carboxylic acids is 1. The molecule has 1 aromatic rings. The molecule has 0 heterocycles. The molecule has 70 valence electrons. The summed E-state index contributed by atoms with van der Waals surface area (Å²) in [5.41, 5.74) is -0.0210. The molecule has 0 radical (unpaired) electrons. The standard InChI is InChI=1S/C8H6BrClO3/c1-13-6-3-4(9)2-5(10)7(6)8(11)12/h2-3H,1H3,(H,11,12). The Labute approximate surface area is 88.4 Å². The first kappa shape index (κ1) is 10.3. The number of hydrogen-bond donors (Lipinski definition) is 1. The molecule has 0 unspecified atom stereocenters. The van der Waals surface area contributed by atoms with Crippen LogP contribution in [0.4, 0.5) is 0 Å². The molecule has 13 heavy (non-hydrogen) atoms. The Morgan fingerprint density at radius 3 is 2.69 bits per heavy atom. The van der Waals surface area contributed by atoms with Crippen LogP contribution in [0, 0.1) is 0 Å². The summed E-state index contributed by atoms with van der Waals surface area (Å²) in [7, 11) is 1.39. The fourth-order valence-electron chi connectivity index (χ4n) is 0.919. The zero-order valence-electron chi connectivity index (χ0n) is 6.67. The molecule has 0 aliphatic heterocycles. The average molecular weight is 265 g/mol. The van der Waals surface area contributed by atoms with Crippen molar-refractivity contribution in [1.82, 2.24) is 0 Å². The fraction of sp³-hybridized carbons (Fsp3) is 0.125. The molecule has 5 heteroatoms. The summed E-state index contributed by atoms with van der Waals surface area (Å²) >= 11 is 8.90. The molecule has 0 spiro atoms. The lowest BCUT2D eigenvalue weighted by molar-refractivity contribution is 0.0693. The summed E-state index contributed by atoms with van der Waals surface area (Å²) < 4.78 is 5.55. The second kappa shape index (κ2) is 3.98. The van der Waals surface area contributed by atoms with Crippen LogP contribution in [0.5, 0.6) is 5.75 Å². The van der Waals surface area contributed by atoms with Gasteiger partial charge in [-0.2, -0.15) is 0 Å². The van der Waals surface area contributed by atoms with E-state index in [1.165, 1.54) is 13.2 Å². The normalized spacial score (nSPS) is 9.77. The van der Waals surface area contributed by atoms with E-state index in [-0.39, 0.29) is 16.3 Å². The Morgan fingerprint density at radius 1 is 1.62 bits per heavy atom. The smallest absolute Gasteiger partial charge is 0.341 e. The Bertz CT molecular complexity index is 351. The zero-order chi connectivity index (χ0) is 10.0. The Balaban J connectivity index is 3.38. The van der Waals surface area contributed by atoms with E-state index in [0.29, 0.717) is 4.47 Å². The molecule has 1 aromatic carbocycles. The highest BCUT2D eigenvalue weighted by molar-refractivity contribution is 9.10. The van der Waals surface area contributed by atoms with Gasteiger partial charge >= 0.3 is 5.97 Å². The molecule has 3 nitrogen and oxygen atoms in total. The van der Waals surface area contributed by atoms with Crippen LogP contribution in [0.2, 0.25) is 5.02 Å². The van der Waals surface area contributed by atoms with E-state index in [2.05, 4.69) is 15.9 Å². The number of aromatic carboxylic acids is 1. The van der Waals surface area contributed by atoms with Gasteiger partial charge in [0.1, 0.15) is 11.3 Å². The van der Waals surface area contributed by atoms with Crippen LogP contribution >= 0.6 is 27.5 Å². The molecule has 0 saturated carbocycles. The van der Waals surface area contributed by atoms with Crippen LogP contribution in [0.25, 0.3) is 0 Å². The number of hydrogen-bond acceptors (Lipinski definition) is 2. The largest absolute Gasteiger partial charge is 0.496 e. The summed E-state index contributed by atoms with van der Waals surface area (Å²) in [5, 5.41) is 8.94. The van der Waals surface area contributed by atoms with Crippen molar-refractivity contribution in [3.63, 3.8) is 0 Å². The molecule has 0 fully saturated rings. The van der Waals surface area contributed by atoms with Crippen LogP contribution in [0.1, 0.15) is 10.4 Å². The van der Waals surface area contributed by atoms with Gasteiger partial charge in [0.2, 0.25) is 0 Å². The van der Waals surface area contributed by atoms with Gasteiger partial charge in [0.25, 0.3) is 0 Å². The lowest BCUT2D eigenvalue weighted by Crippen LogP contribution is -2.01. The maximum Gasteiger partial charge on any atom is 0.341 e. The van der Waals surface area contributed by atoms with Gasteiger partial charge in [0, 0.05) is 4.47 Å².